The minimum Gasteiger partial charge on any atom is -0.348 e. The number of benzene rings is 2. The average Bonchev–Trinajstić information content (AvgIpc) is 2.54. The maximum absolute atomic E-state index is 13.5. The summed E-state index contributed by atoms with van der Waals surface area (Å²) in [5.41, 5.74) is 1.25. The molecule has 0 aliphatic rings. The minimum absolute atomic E-state index is 0.00703. The quantitative estimate of drug-likeness (QED) is 0.715. The molecule has 0 unspecified atom stereocenters. The Kier molecular flexibility index (Phi) is 5.93. The topological polar surface area (TPSA) is 104 Å². The van der Waals surface area contributed by atoms with Crippen molar-refractivity contribution in [1.82, 2.24) is 5.32 Å². The van der Waals surface area contributed by atoms with Gasteiger partial charge in [0.15, 0.2) is 0 Å². The van der Waals surface area contributed by atoms with Crippen molar-refractivity contribution in [2.45, 2.75) is 13.5 Å². The number of carbonyl (C=O) groups excluding carboxylic acids is 2. The molecule has 2 amide bonds. The number of carbonyl (C=O) groups is 2. The number of hydrogen-bond acceptors (Lipinski definition) is 4. The van der Waals surface area contributed by atoms with Gasteiger partial charge in [0.2, 0.25) is 15.9 Å². The zero-order valence-corrected chi connectivity index (χ0v) is 15.0. The standard InChI is InChI=1S/C17H18FN3O4S/c1-11(22)20-14-6-3-12(4-7-14)10-19-17(23)15-9-13(18)5-8-16(15)21-26(2,24)25/h3-9,21H,10H2,1-2H3,(H,19,23)(H,20,22). The van der Waals surface area contributed by atoms with Crippen molar-refractivity contribution < 1.29 is 22.4 Å². The van der Waals surface area contributed by atoms with Gasteiger partial charge in [-0.05, 0) is 35.9 Å². The molecule has 0 fully saturated rings. The van der Waals surface area contributed by atoms with E-state index in [0.717, 1.165) is 24.0 Å². The van der Waals surface area contributed by atoms with Crippen LogP contribution < -0.4 is 15.4 Å². The molecule has 0 saturated carbocycles. The van der Waals surface area contributed by atoms with E-state index in [4.69, 9.17) is 0 Å². The van der Waals surface area contributed by atoms with Gasteiger partial charge in [-0.3, -0.25) is 14.3 Å². The summed E-state index contributed by atoms with van der Waals surface area (Å²) in [6.07, 6.45) is 0.939. The Labute approximate surface area is 150 Å². The van der Waals surface area contributed by atoms with Gasteiger partial charge in [-0.2, -0.15) is 0 Å². The molecule has 9 heteroatoms. The van der Waals surface area contributed by atoms with Crippen molar-refractivity contribution in [1.29, 1.82) is 0 Å². The summed E-state index contributed by atoms with van der Waals surface area (Å²) in [4.78, 5) is 23.3. The van der Waals surface area contributed by atoms with Crippen LogP contribution in [0.2, 0.25) is 0 Å². The third kappa shape index (κ3) is 5.85. The van der Waals surface area contributed by atoms with Crippen molar-refractivity contribution in [2.75, 3.05) is 16.3 Å². The molecule has 2 aromatic carbocycles. The Hall–Kier alpha value is -2.94. The van der Waals surface area contributed by atoms with Crippen LogP contribution >= 0.6 is 0 Å². The molecule has 0 aliphatic carbocycles. The summed E-state index contributed by atoms with van der Waals surface area (Å²) < 4.78 is 38.4. The summed E-state index contributed by atoms with van der Waals surface area (Å²) >= 11 is 0. The fraction of sp³-hybridized carbons (Fsp3) is 0.176. The van der Waals surface area contributed by atoms with Gasteiger partial charge in [0, 0.05) is 19.2 Å². The Morgan fingerprint density at radius 3 is 2.31 bits per heavy atom. The van der Waals surface area contributed by atoms with E-state index in [0.29, 0.717) is 5.69 Å². The summed E-state index contributed by atoms with van der Waals surface area (Å²) in [7, 11) is -3.61. The van der Waals surface area contributed by atoms with Gasteiger partial charge < -0.3 is 10.6 Å². The van der Waals surface area contributed by atoms with Crippen LogP contribution in [0, 0.1) is 5.82 Å². The van der Waals surface area contributed by atoms with Gasteiger partial charge in [-0.15, -0.1) is 0 Å². The largest absolute Gasteiger partial charge is 0.348 e. The molecule has 0 heterocycles. The molecule has 0 spiro atoms. The Bertz CT molecular complexity index is 928. The second-order valence-corrected chi connectivity index (χ2v) is 7.37. The van der Waals surface area contributed by atoms with Gasteiger partial charge in [0.1, 0.15) is 5.82 Å². The Morgan fingerprint density at radius 2 is 1.73 bits per heavy atom. The fourth-order valence-electron chi connectivity index (χ4n) is 2.18. The van der Waals surface area contributed by atoms with Crippen LogP contribution in [0.3, 0.4) is 0 Å². The van der Waals surface area contributed by atoms with Crippen molar-refractivity contribution in [3.05, 3.63) is 59.4 Å². The minimum atomic E-state index is -3.61. The predicted molar refractivity (Wildman–Crippen MR) is 96.8 cm³/mol. The lowest BCUT2D eigenvalue weighted by Gasteiger charge is -2.12. The molecule has 0 aromatic heterocycles. The highest BCUT2D eigenvalue weighted by Crippen LogP contribution is 2.18. The molecule has 26 heavy (non-hydrogen) atoms. The SMILES string of the molecule is CC(=O)Nc1ccc(CNC(=O)c2cc(F)ccc2NS(C)(=O)=O)cc1. The van der Waals surface area contributed by atoms with E-state index < -0.39 is 21.7 Å². The summed E-state index contributed by atoms with van der Waals surface area (Å²) in [5, 5.41) is 5.23. The van der Waals surface area contributed by atoms with Gasteiger partial charge in [0.25, 0.3) is 5.91 Å². The maximum atomic E-state index is 13.5. The molecule has 2 aromatic rings. The summed E-state index contributed by atoms with van der Waals surface area (Å²) in [5.74, 6) is -1.47. The monoisotopic (exact) mass is 379 g/mol. The van der Waals surface area contributed by atoms with E-state index in [1.54, 1.807) is 24.3 Å². The third-order valence-corrected chi connectivity index (χ3v) is 3.84. The first kappa shape index (κ1) is 19.4. The predicted octanol–water partition coefficient (Wildman–Crippen LogP) is 2.09. The van der Waals surface area contributed by atoms with Crippen molar-refractivity contribution >= 4 is 33.2 Å². The highest BCUT2D eigenvalue weighted by atomic mass is 32.2. The first-order valence-corrected chi connectivity index (χ1v) is 9.45. The molecule has 2 rings (SSSR count). The Morgan fingerprint density at radius 1 is 1.08 bits per heavy atom. The van der Waals surface area contributed by atoms with E-state index in [-0.39, 0.29) is 23.7 Å². The van der Waals surface area contributed by atoms with Gasteiger partial charge in [-0.1, -0.05) is 12.1 Å². The van der Waals surface area contributed by atoms with Crippen LogP contribution in [-0.4, -0.2) is 26.5 Å². The third-order valence-electron chi connectivity index (χ3n) is 3.25. The molecule has 3 N–H and O–H groups in total. The number of rotatable bonds is 6. The van der Waals surface area contributed by atoms with E-state index in [1.807, 2.05) is 0 Å². The number of anilines is 2. The highest BCUT2D eigenvalue weighted by Gasteiger charge is 2.15. The van der Waals surface area contributed by atoms with Crippen LogP contribution in [0.25, 0.3) is 0 Å². The second-order valence-electron chi connectivity index (χ2n) is 5.62. The van der Waals surface area contributed by atoms with Crippen molar-refractivity contribution in [2.24, 2.45) is 0 Å². The summed E-state index contributed by atoms with van der Waals surface area (Å²) in [6, 6.07) is 10.0. The molecule has 7 nitrogen and oxygen atoms in total. The maximum Gasteiger partial charge on any atom is 0.253 e. The van der Waals surface area contributed by atoms with E-state index in [1.165, 1.54) is 13.0 Å². The van der Waals surface area contributed by atoms with Crippen molar-refractivity contribution in [3.8, 4) is 0 Å². The zero-order chi connectivity index (χ0) is 19.3. The van der Waals surface area contributed by atoms with E-state index in [2.05, 4.69) is 15.4 Å². The average molecular weight is 379 g/mol. The van der Waals surface area contributed by atoms with Gasteiger partial charge in [-0.25, -0.2) is 12.8 Å². The lowest BCUT2D eigenvalue weighted by Crippen LogP contribution is -2.25. The number of hydrogen-bond donors (Lipinski definition) is 3. The molecular weight excluding hydrogens is 361 g/mol. The number of sulfonamides is 1. The van der Waals surface area contributed by atoms with Crippen molar-refractivity contribution in [3.63, 3.8) is 0 Å². The van der Waals surface area contributed by atoms with Gasteiger partial charge >= 0.3 is 0 Å². The lowest BCUT2D eigenvalue weighted by atomic mass is 10.1. The molecular formula is C17H18FN3O4S. The molecule has 0 radical (unpaired) electrons. The van der Waals surface area contributed by atoms with Gasteiger partial charge in [0.05, 0.1) is 17.5 Å². The second kappa shape index (κ2) is 7.96. The highest BCUT2D eigenvalue weighted by molar-refractivity contribution is 7.92. The molecule has 0 bridgehead atoms. The molecule has 0 atom stereocenters. The molecule has 138 valence electrons. The number of nitrogens with one attached hydrogen (secondary N) is 3. The molecule has 0 saturated heterocycles. The van der Waals surface area contributed by atoms with Crippen LogP contribution in [0.1, 0.15) is 22.8 Å². The summed E-state index contributed by atoms with van der Waals surface area (Å²) in [6.45, 7) is 1.54. The zero-order valence-electron chi connectivity index (χ0n) is 14.2. The first-order chi connectivity index (χ1) is 12.1. The van der Waals surface area contributed by atoms with E-state index >= 15 is 0 Å². The molecule has 0 aliphatic heterocycles. The number of halogens is 1. The Balaban J connectivity index is 2.10. The first-order valence-electron chi connectivity index (χ1n) is 7.56. The van der Waals surface area contributed by atoms with Crippen LogP contribution in [-0.2, 0) is 21.4 Å². The fourth-order valence-corrected chi connectivity index (χ4v) is 2.76. The van der Waals surface area contributed by atoms with Crippen LogP contribution in [0.5, 0.6) is 0 Å². The van der Waals surface area contributed by atoms with Crippen LogP contribution in [0.15, 0.2) is 42.5 Å². The normalized spacial score (nSPS) is 10.9. The van der Waals surface area contributed by atoms with Crippen LogP contribution in [0.4, 0.5) is 15.8 Å². The number of amides is 2. The van der Waals surface area contributed by atoms with E-state index in [9.17, 15) is 22.4 Å². The lowest BCUT2D eigenvalue weighted by molar-refractivity contribution is -0.114. The smallest absolute Gasteiger partial charge is 0.253 e.